The summed E-state index contributed by atoms with van der Waals surface area (Å²) in [5, 5.41) is 16.6. The molecule has 7 nitrogen and oxygen atoms in total. The van der Waals surface area contributed by atoms with Crippen molar-refractivity contribution in [2.24, 2.45) is 0 Å². The van der Waals surface area contributed by atoms with Gasteiger partial charge in [0.25, 0.3) is 0 Å². The third-order valence-corrected chi connectivity index (χ3v) is 4.94. The minimum Gasteiger partial charge on any atom is -0.477 e. The predicted molar refractivity (Wildman–Crippen MR) is 96.6 cm³/mol. The van der Waals surface area contributed by atoms with E-state index in [9.17, 15) is 9.90 Å². The summed E-state index contributed by atoms with van der Waals surface area (Å²) >= 11 is 1.01. The van der Waals surface area contributed by atoms with Crippen molar-refractivity contribution < 1.29 is 14.3 Å². The summed E-state index contributed by atoms with van der Waals surface area (Å²) in [7, 11) is 0. The molecular weight excluding hydrogens is 340 g/mol. The van der Waals surface area contributed by atoms with Crippen molar-refractivity contribution in [2.75, 3.05) is 18.0 Å². The lowest BCUT2D eigenvalue weighted by atomic mass is 10.2. The van der Waals surface area contributed by atoms with Crippen molar-refractivity contribution in [3.8, 4) is 0 Å². The molecule has 0 unspecified atom stereocenters. The van der Waals surface area contributed by atoms with Gasteiger partial charge in [-0.3, -0.25) is 5.10 Å². The Labute approximate surface area is 150 Å². The normalized spacial score (nSPS) is 16.0. The van der Waals surface area contributed by atoms with Gasteiger partial charge in [0.05, 0.1) is 0 Å². The second kappa shape index (κ2) is 8.24. The van der Waals surface area contributed by atoms with Crippen LogP contribution in [0.2, 0.25) is 0 Å². The largest absolute Gasteiger partial charge is 0.477 e. The van der Waals surface area contributed by atoms with Crippen LogP contribution in [0, 0.1) is 0 Å². The van der Waals surface area contributed by atoms with Crippen LogP contribution in [-0.4, -0.2) is 39.3 Å². The maximum absolute atomic E-state index is 11.5. The Morgan fingerprint density at radius 2 is 2.12 bits per heavy atom. The van der Waals surface area contributed by atoms with Gasteiger partial charge in [0.2, 0.25) is 5.16 Å². The van der Waals surface area contributed by atoms with Crippen LogP contribution in [0.25, 0.3) is 6.08 Å². The summed E-state index contributed by atoms with van der Waals surface area (Å²) in [6, 6.07) is 3.71. The molecule has 1 saturated heterocycles. The summed E-state index contributed by atoms with van der Waals surface area (Å²) in [5.74, 6) is 1.03. The van der Waals surface area contributed by atoms with Crippen LogP contribution in [0.15, 0.2) is 26.6 Å². The maximum Gasteiger partial charge on any atom is 0.342 e. The van der Waals surface area contributed by atoms with Gasteiger partial charge in [0.1, 0.15) is 16.5 Å². The van der Waals surface area contributed by atoms with Crippen LogP contribution in [0.3, 0.4) is 0 Å². The number of aromatic amines is 1. The molecule has 1 fully saturated rings. The molecule has 2 aromatic heterocycles. The van der Waals surface area contributed by atoms with Crippen molar-refractivity contribution in [1.29, 1.82) is 0 Å². The Bertz CT molecular complexity index is 745. The molecule has 2 N–H and O–H groups in total. The van der Waals surface area contributed by atoms with Gasteiger partial charge < -0.3 is 14.4 Å². The SMILES string of the molecule is CCc1nc(S/C(=C/c2ccc(N3CCCCCC3)o2)C(=O)O)n[nH]1. The summed E-state index contributed by atoms with van der Waals surface area (Å²) in [5.41, 5.74) is 0. The Kier molecular flexibility index (Phi) is 5.80. The minimum atomic E-state index is -1.03. The number of carboxylic acid groups (broad SMARTS) is 1. The van der Waals surface area contributed by atoms with E-state index in [1.807, 2.05) is 13.0 Å². The molecule has 8 heteroatoms. The Hall–Kier alpha value is -2.22. The number of hydrogen-bond acceptors (Lipinski definition) is 6. The van der Waals surface area contributed by atoms with Gasteiger partial charge in [0.15, 0.2) is 5.88 Å². The lowest BCUT2D eigenvalue weighted by Crippen LogP contribution is -2.23. The highest BCUT2D eigenvalue weighted by Gasteiger charge is 2.16. The highest BCUT2D eigenvalue weighted by molar-refractivity contribution is 8.04. The third-order valence-electron chi connectivity index (χ3n) is 4.06. The van der Waals surface area contributed by atoms with Gasteiger partial charge in [-0.05, 0) is 30.7 Å². The third kappa shape index (κ3) is 4.66. The smallest absolute Gasteiger partial charge is 0.342 e. The first-order valence-electron chi connectivity index (χ1n) is 8.54. The number of anilines is 1. The van der Waals surface area contributed by atoms with Gasteiger partial charge >= 0.3 is 5.97 Å². The quantitative estimate of drug-likeness (QED) is 0.599. The molecule has 134 valence electrons. The molecule has 0 spiro atoms. The standard InChI is InChI=1S/C17H22N4O3S/c1-2-14-18-17(20-19-14)25-13(16(22)23)11-12-7-8-15(24-12)21-9-5-3-4-6-10-21/h7-8,11H,2-6,9-10H2,1H3,(H,22,23)(H,18,19,20)/b13-11+. The Morgan fingerprint density at radius 3 is 2.76 bits per heavy atom. The fourth-order valence-electron chi connectivity index (χ4n) is 2.72. The Morgan fingerprint density at radius 1 is 1.36 bits per heavy atom. The first-order valence-corrected chi connectivity index (χ1v) is 9.36. The molecule has 2 aromatic rings. The molecule has 0 bridgehead atoms. The summed E-state index contributed by atoms with van der Waals surface area (Å²) in [6.07, 6.45) is 7.06. The number of carbonyl (C=O) groups is 1. The lowest BCUT2D eigenvalue weighted by molar-refractivity contribution is -0.131. The first-order chi connectivity index (χ1) is 12.2. The molecule has 0 saturated carbocycles. The van der Waals surface area contributed by atoms with Crippen LogP contribution in [-0.2, 0) is 11.2 Å². The number of rotatable bonds is 6. The monoisotopic (exact) mass is 362 g/mol. The molecule has 0 radical (unpaired) electrons. The molecule has 3 rings (SSSR count). The van der Waals surface area contributed by atoms with Crippen LogP contribution in [0.5, 0.6) is 0 Å². The zero-order chi connectivity index (χ0) is 17.6. The van der Waals surface area contributed by atoms with E-state index in [0.29, 0.717) is 10.9 Å². The fraction of sp³-hybridized carbons (Fsp3) is 0.471. The number of thioether (sulfide) groups is 1. The Balaban J connectivity index is 1.75. The van der Waals surface area contributed by atoms with Crippen molar-refractivity contribution in [3.63, 3.8) is 0 Å². The maximum atomic E-state index is 11.5. The van der Waals surface area contributed by atoms with Gasteiger partial charge in [-0.2, -0.15) is 0 Å². The van der Waals surface area contributed by atoms with E-state index in [1.165, 1.54) is 18.9 Å². The average molecular weight is 362 g/mol. The van der Waals surface area contributed by atoms with E-state index in [-0.39, 0.29) is 4.91 Å². The number of hydrogen-bond donors (Lipinski definition) is 2. The summed E-state index contributed by atoms with van der Waals surface area (Å²) in [6.45, 7) is 3.92. The lowest BCUT2D eigenvalue weighted by Gasteiger charge is -2.18. The van der Waals surface area contributed by atoms with E-state index in [4.69, 9.17) is 4.42 Å². The number of aryl methyl sites for hydroxylation is 1. The van der Waals surface area contributed by atoms with E-state index in [1.54, 1.807) is 6.07 Å². The zero-order valence-electron chi connectivity index (χ0n) is 14.2. The van der Waals surface area contributed by atoms with Crippen molar-refractivity contribution in [1.82, 2.24) is 15.2 Å². The molecule has 1 aliphatic heterocycles. The van der Waals surface area contributed by atoms with Crippen molar-refractivity contribution >= 4 is 29.7 Å². The van der Waals surface area contributed by atoms with E-state index >= 15 is 0 Å². The molecule has 0 aromatic carbocycles. The summed E-state index contributed by atoms with van der Waals surface area (Å²) in [4.78, 5) is 18.1. The highest BCUT2D eigenvalue weighted by atomic mass is 32.2. The van der Waals surface area contributed by atoms with E-state index in [2.05, 4.69) is 20.1 Å². The van der Waals surface area contributed by atoms with Gasteiger partial charge in [-0.15, -0.1) is 5.10 Å². The molecular formula is C17H22N4O3S. The number of aromatic nitrogens is 3. The van der Waals surface area contributed by atoms with Crippen molar-refractivity contribution in [2.45, 2.75) is 44.2 Å². The molecule has 3 heterocycles. The number of aliphatic carboxylic acids is 1. The van der Waals surface area contributed by atoms with Crippen LogP contribution < -0.4 is 4.90 Å². The minimum absolute atomic E-state index is 0.124. The molecule has 1 aliphatic rings. The number of H-pyrrole nitrogens is 1. The molecule has 25 heavy (non-hydrogen) atoms. The van der Waals surface area contributed by atoms with Crippen LogP contribution >= 0.6 is 11.8 Å². The van der Waals surface area contributed by atoms with E-state index < -0.39 is 5.97 Å². The second-order valence-electron chi connectivity index (χ2n) is 5.91. The van der Waals surface area contributed by atoms with Crippen molar-refractivity contribution in [3.05, 3.63) is 28.6 Å². The van der Waals surface area contributed by atoms with Gasteiger partial charge in [-0.25, -0.2) is 9.78 Å². The molecule has 0 amide bonds. The predicted octanol–water partition coefficient (Wildman–Crippen LogP) is 3.56. The summed E-state index contributed by atoms with van der Waals surface area (Å²) < 4.78 is 5.85. The van der Waals surface area contributed by atoms with Gasteiger partial charge in [-0.1, -0.05) is 19.8 Å². The van der Waals surface area contributed by atoms with Crippen LogP contribution in [0.1, 0.15) is 44.2 Å². The van der Waals surface area contributed by atoms with Crippen LogP contribution in [0.4, 0.5) is 5.88 Å². The van der Waals surface area contributed by atoms with E-state index in [0.717, 1.165) is 55.8 Å². The zero-order valence-corrected chi connectivity index (χ0v) is 15.0. The number of nitrogens with zero attached hydrogens (tertiary/aromatic N) is 3. The fourth-order valence-corrected chi connectivity index (χ4v) is 3.43. The number of carboxylic acids is 1. The number of nitrogens with one attached hydrogen (secondary N) is 1. The topological polar surface area (TPSA) is 95.2 Å². The molecule has 0 atom stereocenters. The van der Waals surface area contributed by atoms with Gasteiger partial charge in [0, 0.05) is 31.7 Å². The second-order valence-corrected chi connectivity index (χ2v) is 6.92. The number of furan rings is 1. The highest BCUT2D eigenvalue weighted by Crippen LogP contribution is 2.28. The first kappa shape index (κ1) is 17.6. The average Bonchev–Trinajstić information content (AvgIpc) is 3.17. The molecule has 0 aliphatic carbocycles.